The van der Waals surface area contributed by atoms with Gasteiger partial charge in [0.05, 0.1) is 0 Å². The van der Waals surface area contributed by atoms with Gasteiger partial charge in [-0.25, -0.2) is 0 Å². The molecule has 0 N–H and O–H groups in total. The molecule has 1 aromatic carbocycles. The molecule has 0 spiro atoms. The quantitative estimate of drug-likeness (QED) is 0.545. The fourth-order valence-corrected chi connectivity index (χ4v) is 1.33. The number of ketones is 1. The molecule has 0 bridgehead atoms. The van der Waals surface area contributed by atoms with Gasteiger partial charge < -0.3 is 0 Å². The molecule has 0 saturated carbocycles. The van der Waals surface area contributed by atoms with Gasteiger partial charge in [-0.05, 0) is 34.7 Å². The number of carbonyl (C=O) groups excluding carboxylic acids is 1. The van der Waals surface area contributed by atoms with E-state index >= 15 is 0 Å². The van der Waals surface area contributed by atoms with Crippen LogP contribution in [-0.4, -0.2) is 5.78 Å². The summed E-state index contributed by atoms with van der Waals surface area (Å²) in [5.74, 6) is 0.0438. The monoisotopic (exact) mass is 164 g/mol. The lowest BCUT2D eigenvalue weighted by atomic mass is 10.3. The number of halogens is 1. The highest BCUT2D eigenvalue weighted by molar-refractivity contribution is 6.31. The van der Waals surface area contributed by atoms with E-state index in [4.69, 9.17) is 11.6 Å². The molecule has 0 aromatic heterocycles. The van der Waals surface area contributed by atoms with Crippen molar-refractivity contribution in [1.29, 1.82) is 0 Å². The van der Waals surface area contributed by atoms with E-state index in [1.165, 1.54) is 0 Å². The number of rotatable bonds is 0. The maximum atomic E-state index is 10.9. The van der Waals surface area contributed by atoms with Crippen molar-refractivity contribution in [2.75, 3.05) is 0 Å². The molecule has 11 heavy (non-hydrogen) atoms. The predicted octanol–water partition coefficient (Wildman–Crippen LogP) is 0.484. The molecule has 1 aliphatic carbocycles. The van der Waals surface area contributed by atoms with Crippen LogP contribution < -0.4 is 10.4 Å². The molecule has 0 saturated heterocycles. The number of benzene rings is 1. The first kappa shape index (κ1) is 6.62. The van der Waals surface area contributed by atoms with Gasteiger partial charge in [0, 0.05) is 5.02 Å². The second kappa shape index (κ2) is 2.21. The zero-order valence-electron chi connectivity index (χ0n) is 5.67. The minimum absolute atomic E-state index is 0.0438. The van der Waals surface area contributed by atoms with Gasteiger partial charge in [0.2, 0.25) is 0 Å². The molecule has 1 aromatic rings. The average molecular weight is 165 g/mol. The van der Waals surface area contributed by atoms with Crippen molar-refractivity contribution in [3.63, 3.8) is 0 Å². The summed E-state index contributed by atoms with van der Waals surface area (Å²) < 4.78 is 0. The van der Waals surface area contributed by atoms with Crippen LogP contribution in [0.4, 0.5) is 0 Å². The van der Waals surface area contributed by atoms with Crippen LogP contribution in [0.1, 0.15) is 0 Å². The molecule has 2 rings (SSSR count). The minimum Gasteiger partial charge on any atom is -0.290 e. The standard InChI is InChI=1S/C9H5ClO/c10-8-2-1-6-4-9(11)5-7(6)3-8/h1-5H. The summed E-state index contributed by atoms with van der Waals surface area (Å²) in [6, 6.07) is 5.42. The van der Waals surface area contributed by atoms with E-state index in [0.29, 0.717) is 5.02 Å². The van der Waals surface area contributed by atoms with Gasteiger partial charge in [-0.1, -0.05) is 17.7 Å². The molecule has 0 fully saturated rings. The van der Waals surface area contributed by atoms with Crippen LogP contribution >= 0.6 is 11.6 Å². The molecule has 0 atom stereocenters. The summed E-state index contributed by atoms with van der Waals surface area (Å²) in [6.45, 7) is 0. The zero-order chi connectivity index (χ0) is 7.84. The summed E-state index contributed by atoms with van der Waals surface area (Å²) in [6.07, 6.45) is 3.19. The van der Waals surface area contributed by atoms with Crippen molar-refractivity contribution in [2.45, 2.75) is 0 Å². The Morgan fingerprint density at radius 2 is 1.82 bits per heavy atom. The summed E-state index contributed by atoms with van der Waals surface area (Å²) in [5.41, 5.74) is 0. The van der Waals surface area contributed by atoms with Crippen molar-refractivity contribution >= 4 is 29.5 Å². The van der Waals surface area contributed by atoms with E-state index in [1.807, 2.05) is 6.07 Å². The Morgan fingerprint density at radius 3 is 2.64 bits per heavy atom. The summed E-state index contributed by atoms with van der Waals surface area (Å²) in [5, 5.41) is 2.55. The van der Waals surface area contributed by atoms with Crippen LogP contribution in [-0.2, 0) is 4.79 Å². The SMILES string of the molecule is O=C1C=c2ccc(Cl)cc2=C1. The summed E-state index contributed by atoms with van der Waals surface area (Å²) >= 11 is 5.73. The number of hydrogen-bond donors (Lipinski definition) is 0. The van der Waals surface area contributed by atoms with Crippen LogP contribution in [0.15, 0.2) is 18.2 Å². The van der Waals surface area contributed by atoms with E-state index in [9.17, 15) is 4.79 Å². The summed E-state index contributed by atoms with van der Waals surface area (Å²) in [7, 11) is 0. The number of hydrogen-bond acceptors (Lipinski definition) is 1. The van der Waals surface area contributed by atoms with Gasteiger partial charge in [-0.15, -0.1) is 0 Å². The Bertz CT molecular complexity index is 431. The fraction of sp³-hybridized carbons (Fsp3) is 0. The third kappa shape index (κ3) is 1.08. The second-order valence-corrected chi connectivity index (χ2v) is 2.90. The van der Waals surface area contributed by atoms with Gasteiger partial charge in [0.1, 0.15) is 0 Å². The van der Waals surface area contributed by atoms with Crippen LogP contribution in [0.3, 0.4) is 0 Å². The number of fused-ring (bicyclic) bond motifs is 1. The van der Waals surface area contributed by atoms with E-state index in [0.717, 1.165) is 10.4 Å². The van der Waals surface area contributed by atoms with E-state index in [2.05, 4.69) is 0 Å². The van der Waals surface area contributed by atoms with Crippen molar-refractivity contribution in [3.05, 3.63) is 33.7 Å². The van der Waals surface area contributed by atoms with Gasteiger partial charge in [-0.3, -0.25) is 4.79 Å². The molecule has 1 aliphatic rings. The lowest BCUT2D eigenvalue weighted by molar-refractivity contribution is -0.107. The van der Waals surface area contributed by atoms with Crippen LogP contribution in [0.2, 0.25) is 5.02 Å². The van der Waals surface area contributed by atoms with Crippen molar-refractivity contribution in [3.8, 4) is 0 Å². The Kier molecular flexibility index (Phi) is 1.33. The maximum absolute atomic E-state index is 10.9. The third-order valence-corrected chi connectivity index (χ3v) is 1.88. The van der Waals surface area contributed by atoms with Gasteiger partial charge in [0.25, 0.3) is 0 Å². The van der Waals surface area contributed by atoms with Crippen molar-refractivity contribution in [2.24, 2.45) is 0 Å². The Balaban J connectivity index is 2.89. The van der Waals surface area contributed by atoms with E-state index in [1.54, 1.807) is 24.3 Å². The highest BCUT2D eigenvalue weighted by Crippen LogP contribution is 2.00. The highest BCUT2D eigenvalue weighted by atomic mass is 35.5. The molecule has 0 aliphatic heterocycles. The largest absolute Gasteiger partial charge is 0.290 e. The smallest absolute Gasteiger partial charge is 0.179 e. The first-order valence-electron chi connectivity index (χ1n) is 3.29. The molecule has 54 valence electrons. The van der Waals surface area contributed by atoms with Crippen LogP contribution in [0.25, 0.3) is 12.2 Å². The normalized spacial score (nSPS) is 13.7. The van der Waals surface area contributed by atoms with Crippen LogP contribution in [0, 0.1) is 0 Å². The van der Waals surface area contributed by atoms with Gasteiger partial charge in [-0.2, -0.15) is 0 Å². The van der Waals surface area contributed by atoms with Crippen molar-refractivity contribution < 1.29 is 4.79 Å². The molecule has 1 nitrogen and oxygen atoms in total. The number of carbonyl (C=O) groups is 1. The molecule has 2 heteroatoms. The van der Waals surface area contributed by atoms with Gasteiger partial charge >= 0.3 is 0 Å². The Labute approximate surface area is 68.6 Å². The molecular formula is C9H5ClO. The maximum Gasteiger partial charge on any atom is 0.179 e. The second-order valence-electron chi connectivity index (χ2n) is 2.46. The van der Waals surface area contributed by atoms with E-state index < -0.39 is 0 Å². The lowest BCUT2D eigenvalue weighted by Gasteiger charge is -1.85. The molecule has 0 unspecified atom stereocenters. The van der Waals surface area contributed by atoms with Crippen LogP contribution in [0.5, 0.6) is 0 Å². The highest BCUT2D eigenvalue weighted by Gasteiger charge is 2.00. The fourth-order valence-electron chi connectivity index (χ4n) is 1.15. The molecule has 0 heterocycles. The van der Waals surface area contributed by atoms with E-state index in [-0.39, 0.29) is 5.78 Å². The van der Waals surface area contributed by atoms with Gasteiger partial charge in [0.15, 0.2) is 5.78 Å². The Morgan fingerprint density at radius 1 is 1.09 bits per heavy atom. The predicted molar refractivity (Wildman–Crippen MR) is 44.6 cm³/mol. The molecule has 0 amide bonds. The zero-order valence-corrected chi connectivity index (χ0v) is 6.43. The Hall–Kier alpha value is -1.08. The lowest BCUT2D eigenvalue weighted by Crippen LogP contribution is -2.19. The first-order valence-corrected chi connectivity index (χ1v) is 3.66. The first-order chi connectivity index (χ1) is 5.25. The minimum atomic E-state index is 0.0438. The molecular weight excluding hydrogens is 160 g/mol. The van der Waals surface area contributed by atoms with Crippen molar-refractivity contribution in [1.82, 2.24) is 0 Å². The topological polar surface area (TPSA) is 17.1 Å². The molecule has 0 radical (unpaired) electrons. The number of Topliss-reactive ketones (excluding diaryl/α,β-unsaturated/α-hetero) is 1. The summed E-state index contributed by atoms with van der Waals surface area (Å²) in [4.78, 5) is 10.9. The third-order valence-electron chi connectivity index (χ3n) is 1.64. The average Bonchev–Trinajstić information content (AvgIpc) is 2.27.